The van der Waals surface area contributed by atoms with Crippen LogP contribution in [0.25, 0.3) is 10.4 Å². The zero-order valence-electron chi connectivity index (χ0n) is 15.7. The van der Waals surface area contributed by atoms with Gasteiger partial charge in [-0.1, -0.05) is 35.9 Å². The van der Waals surface area contributed by atoms with Crippen LogP contribution in [0.15, 0.2) is 54.7 Å². The van der Waals surface area contributed by atoms with E-state index in [1.165, 1.54) is 5.01 Å². The number of carbonyl (C=O) groups is 1. The molecular formula is C21H22Cl2N4OS. The number of nitrogens with zero attached hydrogens (tertiary/aromatic N) is 1. The minimum atomic E-state index is -0.327. The third kappa shape index (κ3) is 5.48. The van der Waals surface area contributed by atoms with Crippen molar-refractivity contribution >= 4 is 52.8 Å². The van der Waals surface area contributed by atoms with Crippen molar-refractivity contribution in [3.63, 3.8) is 0 Å². The van der Waals surface area contributed by atoms with Crippen molar-refractivity contribution in [3.05, 3.63) is 64.8 Å². The lowest BCUT2D eigenvalue weighted by molar-refractivity contribution is 0.262. The van der Waals surface area contributed by atoms with Crippen LogP contribution in [0.1, 0.15) is 23.8 Å². The molecule has 152 valence electrons. The number of benzene rings is 2. The van der Waals surface area contributed by atoms with Crippen LogP contribution in [0, 0.1) is 0 Å². The van der Waals surface area contributed by atoms with Crippen LogP contribution >= 0.6 is 35.3 Å². The Labute approximate surface area is 185 Å². The molecule has 0 bridgehead atoms. The fraction of sp³-hybridized carbons (Fsp3) is 0.238. The van der Waals surface area contributed by atoms with Gasteiger partial charge in [0.25, 0.3) is 0 Å². The number of piperidine rings is 1. The van der Waals surface area contributed by atoms with Gasteiger partial charge in [-0.3, -0.25) is 0 Å². The predicted octanol–water partition coefficient (Wildman–Crippen LogP) is 6.00. The van der Waals surface area contributed by atoms with Crippen LogP contribution in [0.3, 0.4) is 0 Å². The summed E-state index contributed by atoms with van der Waals surface area (Å²) in [4.78, 5) is 18.0. The van der Waals surface area contributed by atoms with Crippen molar-refractivity contribution in [1.82, 2.24) is 10.3 Å². The number of halogens is 2. The largest absolute Gasteiger partial charge is 0.323 e. The summed E-state index contributed by atoms with van der Waals surface area (Å²) in [5.41, 5.74) is 2.40. The lowest BCUT2D eigenvalue weighted by Crippen LogP contribution is -2.26. The van der Waals surface area contributed by atoms with Crippen LogP contribution < -0.4 is 16.0 Å². The number of aromatic nitrogens is 1. The van der Waals surface area contributed by atoms with Gasteiger partial charge in [0, 0.05) is 17.8 Å². The first-order valence-electron chi connectivity index (χ1n) is 9.28. The van der Waals surface area contributed by atoms with E-state index in [0.717, 1.165) is 42.1 Å². The van der Waals surface area contributed by atoms with Gasteiger partial charge >= 0.3 is 6.03 Å². The number of nitrogens with one attached hydrogen (secondary N) is 3. The predicted molar refractivity (Wildman–Crippen MR) is 124 cm³/mol. The second kappa shape index (κ2) is 10.1. The fourth-order valence-electron chi connectivity index (χ4n) is 3.24. The number of thiazole rings is 1. The molecule has 4 rings (SSSR count). The SMILES string of the molecule is Cl.O=C(Nc1ccc(-c2cnc(C3CCNCC3)s2)cc1)Nc1ccccc1Cl. The standard InChI is InChI=1S/C21H21ClN4OS.ClH/c22-17-3-1-2-4-18(17)26-21(27)25-16-7-5-14(6-8-16)19-13-24-20(28-19)15-9-11-23-12-10-15;/h1-8,13,15,23H,9-12H2,(H2,25,26,27);1H. The smallest absolute Gasteiger partial charge is 0.317 e. The highest BCUT2D eigenvalue weighted by Gasteiger charge is 2.18. The first-order valence-corrected chi connectivity index (χ1v) is 10.5. The summed E-state index contributed by atoms with van der Waals surface area (Å²) in [6.45, 7) is 2.13. The minimum Gasteiger partial charge on any atom is -0.317 e. The molecule has 5 nitrogen and oxygen atoms in total. The topological polar surface area (TPSA) is 66.0 Å². The number of hydrogen-bond acceptors (Lipinski definition) is 4. The number of para-hydroxylation sites is 1. The number of hydrogen-bond donors (Lipinski definition) is 3. The molecule has 3 N–H and O–H groups in total. The Kier molecular flexibility index (Phi) is 7.50. The average molecular weight is 449 g/mol. The Morgan fingerprint density at radius 2 is 1.79 bits per heavy atom. The zero-order valence-corrected chi connectivity index (χ0v) is 18.0. The molecule has 1 aliphatic heterocycles. The quantitative estimate of drug-likeness (QED) is 0.458. The second-order valence-corrected chi connectivity index (χ2v) is 8.19. The van der Waals surface area contributed by atoms with Gasteiger partial charge in [0.05, 0.1) is 20.6 Å². The molecule has 0 aliphatic carbocycles. The first kappa shape index (κ1) is 21.6. The van der Waals surface area contributed by atoms with Gasteiger partial charge in [-0.15, -0.1) is 23.7 Å². The zero-order chi connectivity index (χ0) is 19.3. The van der Waals surface area contributed by atoms with E-state index in [9.17, 15) is 4.79 Å². The molecule has 0 saturated carbocycles. The van der Waals surface area contributed by atoms with Gasteiger partial charge in [-0.2, -0.15) is 0 Å². The normalized spacial score (nSPS) is 14.1. The lowest BCUT2D eigenvalue weighted by atomic mass is 9.99. The van der Waals surface area contributed by atoms with Gasteiger partial charge < -0.3 is 16.0 Å². The summed E-state index contributed by atoms with van der Waals surface area (Å²) in [5.74, 6) is 0.564. The van der Waals surface area contributed by atoms with Crippen LogP contribution in [0.4, 0.5) is 16.2 Å². The molecule has 0 spiro atoms. The summed E-state index contributed by atoms with van der Waals surface area (Å²) >= 11 is 7.83. The third-order valence-electron chi connectivity index (χ3n) is 4.76. The van der Waals surface area contributed by atoms with Gasteiger partial charge in [0.15, 0.2) is 0 Å². The molecular weight excluding hydrogens is 427 g/mol. The van der Waals surface area contributed by atoms with Crippen molar-refractivity contribution in [2.45, 2.75) is 18.8 Å². The van der Waals surface area contributed by atoms with E-state index in [-0.39, 0.29) is 18.4 Å². The summed E-state index contributed by atoms with van der Waals surface area (Å²) < 4.78 is 0. The highest BCUT2D eigenvalue weighted by Crippen LogP contribution is 2.34. The second-order valence-electron chi connectivity index (χ2n) is 6.72. The van der Waals surface area contributed by atoms with E-state index in [1.807, 2.05) is 42.6 Å². The van der Waals surface area contributed by atoms with E-state index in [1.54, 1.807) is 23.5 Å². The molecule has 1 aromatic heterocycles. The average Bonchev–Trinajstić information content (AvgIpc) is 3.21. The number of amides is 2. The maximum atomic E-state index is 12.2. The van der Waals surface area contributed by atoms with Crippen molar-refractivity contribution in [1.29, 1.82) is 0 Å². The van der Waals surface area contributed by atoms with Crippen molar-refractivity contribution in [3.8, 4) is 10.4 Å². The molecule has 1 saturated heterocycles. The van der Waals surface area contributed by atoms with E-state index >= 15 is 0 Å². The summed E-state index contributed by atoms with van der Waals surface area (Å²) in [7, 11) is 0. The molecule has 0 atom stereocenters. The Bertz CT molecular complexity index is 955. The lowest BCUT2D eigenvalue weighted by Gasteiger charge is -2.20. The maximum Gasteiger partial charge on any atom is 0.323 e. The van der Waals surface area contributed by atoms with Crippen LogP contribution in [-0.2, 0) is 0 Å². The van der Waals surface area contributed by atoms with E-state index in [0.29, 0.717) is 16.6 Å². The maximum absolute atomic E-state index is 12.2. The van der Waals surface area contributed by atoms with Gasteiger partial charge in [0.2, 0.25) is 0 Å². The van der Waals surface area contributed by atoms with Gasteiger partial charge in [0.1, 0.15) is 0 Å². The Morgan fingerprint density at radius 3 is 2.52 bits per heavy atom. The summed E-state index contributed by atoms with van der Waals surface area (Å²) in [5, 5.41) is 10.7. The Balaban J connectivity index is 0.00000240. The monoisotopic (exact) mass is 448 g/mol. The molecule has 0 radical (unpaired) electrons. The molecule has 1 aliphatic rings. The number of urea groups is 1. The number of rotatable bonds is 4. The van der Waals surface area contributed by atoms with E-state index < -0.39 is 0 Å². The highest BCUT2D eigenvalue weighted by molar-refractivity contribution is 7.15. The van der Waals surface area contributed by atoms with Crippen LogP contribution in [0.2, 0.25) is 5.02 Å². The molecule has 29 heavy (non-hydrogen) atoms. The van der Waals surface area contributed by atoms with Crippen molar-refractivity contribution in [2.24, 2.45) is 0 Å². The minimum absolute atomic E-state index is 0. The molecule has 0 unspecified atom stereocenters. The molecule has 3 aromatic rings. The number of anilines is 2. The summed E-state index contributed by atoms with van der Waals surface area (Å²) in [6.07, 6.45) is 4.25. The van der Waals surface area contributed by atoms with Gasteiger partial charge in [-0.25, -0.2) is 9.78 Å². The van der Waals surface area contributed by atoms with Gasteiger partial charge in [-0.05, 0) is 55.8 Å². The van der Waals surface area contributed by atoms with Crippen LogP contribution in [-0.4, -0.2) is 24.1 Å². The molecule has 2 heterocycles. The Morgan fingerprint density at radius 1 is 1.07 bits per heavy atom. The van der Waals surface area contributed by atoms with Crippen molar-refractivity contribution < 1.29 is 4.79 Å². The van der Waals surface area contributed by atoms with E-state index in [2.05, 4.69) is 20.9 Å². The number of carbonyl (C=O) groups excluding carboxylic acids is 1. The molecule has 1 fully saturated rings. The van der Waals surface area contributed by atoms with Crippen molar-refractivity contribution in [2.75, 3.05) is 23.7 Å². The summed E-state index contributed by atoms with van der Waals surface area (Å²) in [6, 6.07) is 14.6. The highest BCUT2D eigenvalue weighted by atomic mass is 35.5. The third-order valence-corrected chi connectivity index (χ3v) is 6.30. The van der Waals surface area contributed by atoms with Crippen LogP contribution in [0.5, 0.6) is 0 Å². The molecule has 2 aromatic carbocycles. The fourth-order valence-corrected chi connectivity index (χ4v) is 4.52. The molecule has 2 amide bonds. The first-order chi connectivity index (χ1) is 13.7. The Hall–Kier alpha value is -2.12. The van der Waals surface area contributed by atoms with E-state index in [4.69, 9.17) is 11.6 Å². The molecule has 8 heteroatoms.